The smallest absolute Gasteiger partial charge is 0.108 e. The molecule has 0 bridgehead atoms. The fourth-order valence-corrected chi connectivity index (χ4v) is 2.14. The lowest BCUT2D eigenvalue weighted by molar-refractivity contribution is 0.427. The molecule has 1 saturated carbocycles. The molecule has 0 amide bonds. The van der Waals surface area contributed by atoms with Crippen LogP contribution in [0.2, 0.25) is 0 Å². The highest BCUT2D eigenvalue weighted by Gasteiger charge is 2.30. The second-order valence-electron chi connectivity index (χ2n) is 4.48. The van der Waals surface area contributed by atoms with Crippen LogP contribution in [0.3, 0.4) is 0 Å². The molecule has 15 heavy (non-hydrogen) atoms. The molecule has 1 fully saturated rings. The van der Waals surface area contributed by atoms with E-state index in [4.69, 9.17) is 0 Å². The Hall–Kier alpha value is -0.830. The maximum atomic E-state index is 4.41. The quantitative estimate of drug-likeness (QED) is 0.771. The van der Waals surface area contributed by atoms with E-state index >= 15 is 0 Å². The second-order valence-corrected chi connectivity index (χ2v) is 4.48. The third-order valence-corrected chi connectivity index (χ3v) is 3.23. The molecule has 0 aromatic carbocycles. The zero-order chi connectivity index (χ0) is 10.7. The number of hydrogen-bond acceptors (Lipinski definition) is 2. The lowest BCUT2D eigenvalue weighted by atomic mass is 10.2. The first kappa shape index (κ1) is 10.7. The Morgan fingerprint density at radius 1 is 1.60 bits per heavy atom. The molecule has 0 aliphatic heterocycles. The number of imidazole rings is 1. The number of nitrogens with zero attached hydrogens (tertiary/aromatic N) is 2. The van der Waals surface area contributed by atoms with Gasteiger partial charge >= 0.3 is 0 Å². The van der Waals surface area contributed by atoms with Crippen LogP contribution >= 0.6 is 0 Å². The van der Waals surface area contributed by atoms with Gasteiger partial charge in [0.05, 0.1) is 0 Å². The Kier molecular flexibility index (Phi) is 3.41. The average Bonchev–Trinajstić information content (AvgIpc) is 2.99. The van der Waals surface area contributed by atoms with Crippen molar-refractivity contribution in [3.8, 4) is 0 Å². The molecular formula is C12H21N3. The van der Waals surface area contributed by atoms with Crippen LogP contribution in [0.25, 0.3) is 0 Å². The van der Waals surface area contributed by atoms with Crippen molar-refractivity contribution in [1.29, 1.82) is 0 Å². The zero-order valence-electron chi connectivity index (χ0n) is 9.74. The first-order chi connectivity index (χ1) is 7.35. The van der Waals surface area contributed by atoms with Crippen LogP contribution in [-0.4, -0.2) is 22.6 Å². The predicted octanol–water partition coefficient (Wildman–Crippen LogP) is 1.83. The van der Waals surface area contributed by atoms with Crippen molar-refractivity contribution in [2.75, 3.05) is 7.05 Å². The minimum absolute atomic E-state index is 0.634. The van der Waals surface area contributed by atoms with E-state index in [1.54, 1.807) is 0 Å². The largest absolute Gasteiger partial charge is 0.333 e. The molecule has 2 rings (SSSR count). The highest BCUT2D eigenvalue weighted by molar-refractivity contribution is 4.95. The molecule has 1 atom stereocenters. The minimum atomic E-state index is 0.634. The molecule has 1 aromatic rings. The number of aromatic nitrogens is 2. The summed E-state index contributed by atoms with van der Waals surface area (Å²) in [4.78, 5) is 4.41. The first-order valence-electron chi connectivity index (χ1n) is 6.02. The van der Waals surface area contributed by atoms with Crippen LogP contribution in [0.5, 0.6) is 0 Å². The summed E-state index contributed by atoms with van der Waals surface area (Å²) in [6, 6.07) is 0.634. The molecule has 3 heteroatoms. The molecule has 0 spiro atoms. The monoisotopic (exact) mass is 207 g/mol. The third-order valence-electron chi connectivity index (χ3n) is 3.23. The number of nitrogens with one attached hydrogen (secondary N) is 1. The number of aryl methyl sites for hydroxylation is 1. The summed E-state index contributed by atoms with van der Waals surface area (Å²) in [7, 11) is 2.07. The highest BCUT2D eigenvalue weighted by Crippen LogP contribution is 2.33. The van der Waals surface area contributed by atoms with Crippen LogP contribution in [0, 0.1) is 5.92 Å². The molecular weight excluding hydrogens is 186 g/mol. The summed E-state index contributed by atoms with van der Waals surface area (Å²) in [6.07, 6.45) is 9.08. The second kappa shape index (κ2) is 4.79. The maximum Gasteiger partial charge on any atom is 0.108 e. The van der Waals surface area contributed by atoms with Crippen molar-refractivity contribution < 1.29 is 0 Å². The standard InChI is InChI=1S/C12H21N3/c1-3-4-12-14-7-8-15(12)9-11(13-2)10-5-6-10/h7-8,10-11,13H,3-6,9H2,1-2H3. The summed E-state index contributed by atoms with van der Waals surface area (Å²) in [5.41, 5.74) is 0. The number of hydrogen-bond donors (Lipinski definition) is 1. The number of rotatable bonds is 6. The van der Waals surface area contributed by atoms with Crippen molar-refractivity contribution in [3.05, 3.63) is 18.2 Å². The van der Waals surface area contributed by atoms with Crippen LogP contribution < -0.4 is 5.32 Å². The van der Waals surface area contributed by atoms with Gasteiger partial charge in [-0.25, -0.2) is 4.98 Å². The minimum Gasteiger partial charge on any atom is -0.333 e. The normalized spacial score (nSPS) is 18.0. The summed E-state index contributed by atoms with van der Waals surface area (Å²) in [6.45, 7) is 3.28. The van der Waals surface area contributed by atoms with Crippen LogP contribution in [0.15, 0.2) is 12.4 Å². The Morgan fingerprint density at radius 3 is 3.00 bits per heavy atom. The molecule has 0 radical (unpaired) electrons. The van der Waals surface area contributed by atoms with Gasteiger partial charge in [0, 0.05) is 31.4 Å². The molecule has 1 aliphatic carbocycles. The predicted molar refractivity (Wildman–Crippen MR) is 61.8 cm³/mol. The third kappa shape index (κ3) is 2.59. The van der Waals surface area contributed by atoms with E-state index in [-0.39, 0.29) is 0 Å². The fourth-order valence-electron chi connectivity index (χ4n) is 2.14. The molecule has 84 valence electrons. The zero-order valence-corrected chi connectivity index (χ0v) is 9.74. The highest BCUT2D eigenvalue weighted by atomic mass is 15.1. The fraction of sp³-hybridized carbons (Fsp3) is 0.750. The lowest BCUT2D eigenvalue weighted by Crippen LogP contribution is -2.32. The molecule has 1 heterocycles. The Bertz CT molecular complexity index is 302. The SMILES string of the molecule is CCCc1nccn1CC(NC)C1CC1. The van der Waals surface area contributed by atoms with Crippen molar-refractivity contribution in [2.45, 2.75) is 45.2 Å². The van der Waals surface area contributed by atoms with Crippen LogP contribution in [-0.2, 0) is 13.0 Å². The first-order valence-corrected chi connectivity index (χ1v) is 6.02. The van der Waals surface area contributed by atoms with Gasteiger partial charge in [0.15, 0.2) is 0 Å². The summed E-state index contributed by atoms with van der Waals surface area (Å²) < 4.78 is 2.31. The van der Waals surface area contributed by atoms with Gasteiger partial charge in [0.25, 0.3) is 0 Å². The van der Waals surface area contributed by atoms with E-state index in [1.165, 1.54) is 25.1 Å². The van der Waals surface area contributed by atoms with Gasteiger partial charge in [-0.1, -0.05) is 6.92 Å². The van der Waals surface area contributed by atoms with Crippen molar-refractivity contribution >= 4 is 0 Å². The van der Waals surface area contributed by atoms with Crippen LogP contribution in [0.1, 0.15) is 32.0 Å². The summed E-state index contributed by atoms with van der Waals surface area (Å²) >= 11 is 0. The summed E-state index contributed by atoms with van der Waals surface area (Å²) in [5, 5.41) is 3.42. The molecule has 1 N–H and O–H groups in total. The van der Waals surface area contributed by atoms with Crippen molar-refractivity contribution in [2.24, 2.45) is 5.92 Å². The van der Waals surface area contributed by atoms with E-state index in [0.29, 0.717) is 6.04 Å². The lowest BCUT2D eigenvalue weighted by Gasteiger charge is -2.17. The number of likely N-dealkylation sites (N-methyl/N-ethyl adjacent to an activating group) is 1. The molecule has 0 saturated heterocycles. The van der Waals surface area contributed by atoms with Gasteiger partial charge in [-0.05, 0) is 32.2 Å². The summed E-state index contributed by atoms with van der Waals surface area (Å²) in [5.74, 6) is 2.13. The van der Waals surface area contributed by atoms with Gasteiger partial charge in [-0.15, -0.1) is 0 Å². The van der Waals surface area contributed by atoms with E-state index in [1.807, 2.05) is 6.20 Å². The van der Waals surface area contributed by atoms with E-state index < -0.39 is 0 Å². The molecule has 3 nitrogen and oxygen atoms in total. The van der Waals surface area contributed by atoms with Gasteiger partial charge < -0.3 is 9.88 Å². The molecule has 1 aliphatic rings. The van der Waals surface area contributed by atoms with Crippen molar-refractivity contribution in [3.63, 3.8) is 0 Å². The maximum absolute atomic E-state index is 4.41. The van der Waals surface area contributed by atoms with Gasteiger partial charge in [0.2, 0.25) is 0 Å². The Balaban J connectivity index is 1.98. The van der Waals surface area contributed by atoms with E-state index in [9.17, 15) is 0 Å². The average molecular weight is 207 g/mol. The van der Waals surface area contributed by atoms with Gasteiger partial charge in [-0.3, -0.25) is 0 Å². The molecule has 1 aromatic heterocycles. The van der Waals surface area contributed by atoms with Crippen molar-refractivity contribution in [1.82, 2.24) is 14.9 Å². The van der Waals surface area contributed by atoms with Gasteiger partial charge in [-0.2, -0.15) is 0 Å². The van der Waals surface area contributed by atoms with Crippen LogP contribution in [0.4, 0.5) is 0 Å². The van der Waals surface area contributed by atoms with Gasteiger partial charge in [0.1, 0.15) is 5.82 Å². The topological polar surface area (TPSA) is 29.9 Å². The Labute approximate surface area is 91.9 Å². The molecule has 1 unspecified atom stereocenters. The van der Waals surface area contributed by atoms with E-state index in [2.05, 4.69) is 35.0 Å². The van der Waals surface area contributed by atoms with E-state index in [0.717, 1.165) is 18.9 Å². The Morgan fingerprint density at radius 2 is 2.40 bits per heavy atom.